The molecule has 0 radical (unpaired) electrons. The Morgan fingerprint density at radius 2 is 1.85 bits per heavy atom. The Labute approximate surface area is 196 Å². The standard InChI is InChI=1S/C21H19ClF3N5O2S/c1-13-27-28-20(30(13)15-6-4-3-5-7-15)33-12-19(32)29(2)11-18(31)26-14-8-9-17(22)16(10-14)21(23,24)25/h3-10H,11-12H2,1-2H3,(H,26,31). The highest BCUT2D eigenvalue weighted by Gasteiger charge is 2.33. The van der Waals surface area contributed by atoms with Crippen LogP contribution < -0.4 is 5.32 Å². The predicted molar refractivity (Wildman–Crippen MR) is 120 cm³/mol. The number of para-hydroxylation sites is 1. The van der Waals surface area contributed by atoms with E-state index in [0.717, 1.165) is 29.6 Å². The van der Waals surface area contributed by atoms with Crippen LogP contribution >= 0.6 is 23.4 Å². The number of carbonyl (C=O) groups excluding carboxylic acids is 2. The largest absolute Gasteiger partial charge is 0.417 e. The predicted octanol–water partition coefficient (Wildman–Crippen LogP) is 4.44. The van der Waals surface area contributed by atoms with E-state index in [9.17, 15) is 22.8 Å². The zero-order valence-electron chi connectivity index (χ0n) is 17.6. The first kappa shape index (κ1) is 24.6. The van der Waals surface area contributed by atoms with Crippen molar-refractivity contribution in [3.8, 4) is 5.69 Å². The van der Waals surface area contributed by atoms with Gasteiger partial charge in [0, 0.05) is 18.4 Å². The third-order valence-electron chi connectivity index (χ3n) is 4.50. The molecule has 0 spiro atoms. The molecule has 0 aliphatic rings. The van der Waals surface area contributed by atoms with Crippen LogP contribution in [0.4, 0.5) is 18.9 Å². The van der Waals surface area contributed by atoms with Gasteiger partial charge in [-0.3, -0.25) is 14.2 Å². The molecule has 0 saturated carbocycles. The zero-order valence-corrected chi connectivity index (χ0v) is 19.1. The molecule has 0 aliphatic heterocycles. The highest BCUT2D eigenvalue weighted by molar-refractivity contribution is 7.99. The van der Waals surface area contributed by atoms with Gasteiger partial charge in [0.05, 0.1) is 22.9 Å². The van der Waals surface area contributed by atoms with E-state index in [2.05, 4.69) is 15.5 Å². The van der Waals surface area contributed by atoms with Crippen molar-refractivity contribution in [1.82, 2.24) is 19.7 Å². The number of benzene rings is 2. The Morgan fingerprint density at radius 3 is 2.52 bits per heavy atom. The average molecular weight is 498 g/mol. The molecule has 1 heterocycles. The molecule has 2 aromatic carbocycles. The van der Waals surface area contributed by atoms with E-state index in [4.69, 9.17) is 11.6 Å². The van der Waals surface area contributed by atoms with Crippen LogP contribution in [0.5, 0.6) is 0 Å². The van der Waals surface area contributed by atoms with Gasteiger partial charge in [0.1, 0.15) is 5.82 Å². The van der Waals surface area contributed by atoms with Crippen LogP contribution in [-0.2, 0) is 15.8 Å². The van der Waals surface area contributed by atoms with E-state index in [0.29, 0.717) is 11.0 Å². The molecule has 0 aliphatic carbocycles. The summed E-state index contributed by atoms with van der Waals surface area (Å²) in [5.74, 6) is -0.351. The average Bonchev–Trinajstić information content (AvgIpc) is 3.13. The number of nitrogens with zero attached hydrogens (tertiary/aromatic N) is 4. The number of hydrogen-bond donors (Lipinski definition) is 1. The smallest absolute Gasteiger partial charge is 0.336 e. The van der Waals surface area contributed by atoms with Crippen molar-refractivity contribution in [3.63, 3.8) is 0 Å². The van der Waals surface area contributed by atoms with Gasteiger partial charge in [-0.1, -0.05) is 41.6 Å². The molecule has 0 unspecified atom stereocenters. The van der Waals surface area contributed by atoms with E-state index in [1.54, 1.807) is 6.92 Å². The fourth-order valence-electron chi connectivity index (χ4n) is 2.87. The number of amides is 2. The van der Waals surface area contributed by atoms with Crippen LogP contribution in [0.15, 0.2) is 53.7 Å². The minimum Gasteiger partial charge on any atom is -0.336 e. The minimum atomic E-state index is -4.65. The Balaban J connectivity index is 1.58. The first-order valence-electron chi connectivity index (χ1n) is 9.57. The van der Waals surface area contributed by atoms with E-state index >= 15 is 0 Å². The van der Waals surface area contributed by atoms with Crippen molar-refractivity contribution in [2.45, 2.75) is 18.3 Å². The number of halogens is 4. The van der Waals surface area contributed by atoms with Crippen LogP contribution in [0.3, 0.4) is 0 Å². The highest BCUT2D eigenvalue weighted by atomic mass is 35.5. The molecular weight excluding hydrogens is 479 g/mol. The molecule has 1 N–H and O–H groups in total. The lowest BCUT2D eigenvalue weighted by atomic mass is 10.2. The molecule has 12 heteroatoms. The van der Waals surface area contributed by atoms with Crippen LogP contribution in [0, 0.1) is 6.92 Å². The number of nitrogens with one attached hydrogen (secondary N) is 1. The quantitative estimate of drug-likeness (QED) is 0.488. The molecule has 2 amide bonds. The monoisotopic (exact) mass is 497 g/mol. The lowest BCUT2D eigenvalue weighted by Gasteiger charge is -2.17. The summed E-state index contributed by atoms with van der Waals surface area (Å²) in [5, 5.41) is 10.6. The normalized spacial score (nSPS) is 11.3. The van der Waals surface area contributed by atoms with E-state index < -0.39 is 22.7 Å². The van der Waals surface area contributed by atoms with E-state index in [1.807, 2.05) is 34.9 Å². The van der Waals surface area contributed by atoms with Gasteiger partial charge in [-0.2, -0.15) is 13.2 Å². The number of alkyl halides is 3. The SMILES string of the molecule is Cc1nnc(SCC(=O)N(C)CC(=O)Nc2ccc(Cl)c(C(F)(F)F)c2)n1-c1ccccc1. The van der Waals surface area contributed by atoms with Crippen molar-refractivity contribution >= 4 is 40.9 Å². The molecule has 33 heavy (non-hydrogen) atoms. The molecule has 0 atom stereocenters. The first-order valence-corrected chi connectivity index (χ1v) is 10.9. The lowest BCUT2D eigenvalue weighted by Crippen LogP contribution is -2.36. The molecule has 1 aromatic heterocycles. The van der Waals surface area contributed by atoms with Gasteiger partial charge in [0.25, 0.3) is 0 Å². The summed E-state index contributed by atoms with van der Waals surface area (Å²) in [5.41, 5.74) is -0.275. The van der Waals surface area contributed by atoms with Crippen molar-refractivity contribution in [1.29, 1.82) is 0 Å². The van der Waals surface area contributed by atoms with Gasteiger partial charge < -0.3 is 10.2 Å². The summed E-state index contributed by atoms with van der Waals surface area (Å²) in [6.07, 6.45) is -4.65. The van der Waals surface area contributed by atoms with E-state index in [-0.39, 0.29) is 23.9 Å². The number of likely N-dealkylation sites (N-methyl/N-ethyl adjacent to an activating group) is 1. The molecule has 0 fully saturated rings. The Morgan fingerprint density at radius 1 is 1.15 bits per heavy atom. The lowest BCUT2D eigenvalue weighted by molar-refractivity contribution is -0.137. The summed E-state index contributed by atoms with van der Waals surface area (Å²) in [4.78, 5) is 25.9. The molecular formula is C21H19ClF3N5O2S. The van der Waals surface area contributed by atoms with Gasteiger partial charge >= 0.3 is 6.18 Å². The maximum atomic E-state index is 13.0. The van der Waals surface area contributed by atoms with Crippen LogP contribution in [0.1, 0.15) is 11.4 Å². The first-order chi connectivity index (χ1) is 15.6. The van der Waals surface area contributed by atoms with Crippen LogP contribution in [0.2, 0.25) is 5.02 Å². The second-order valence-corrected chi connectivity index (χ2v) is 8.33. The molecule has 7 nitrogen and oxygen atoms in total. The third kappa shape index (κ3) is 6.26. The minimum absolute atomic E-state index is 0.00604. The second kappa shape index (κ2) is 10.3. The molecule has 3 rings (SSSR count). The molecule has 0 bridgehead atoms. The van der Waals surface area contributed by atoms with Gasteiger partial charge in [0.15, 0.2) is 5.16 Å². The van der Waals surface area contributed by atoms with Gasteiger partial charge in [-0.25, -0.2) is 0 Å². The third-order valence-corrected chi connectivity index (χ3v) is 5.74. The summed E-state index contributed by atoms with van der Waals surface area (Å²) >= 11 is 6.74. The number of rotatable bonds is 7. The van der Waals surface area contributed by atoms with Crippen molar-refractivity contribution in [3.05, 3.63) is 64.9 Å². The number of carbonyl (C=O) groups is 2. The highest BCUT2D eigenvalue weighted by Crippen LogP contribution is 2.36. The van der Waals surface area contributed by atoms with Crippen molar-refractivity contribution in [2.24, 2.45) is 0 Å². The van der Waals surface area contributed by atoms with Crippen molar-refractivity contribution < 1.29 is 22.8 Å². The van der Waals surface area contributed by atoms with Gasteiger partial charge in [0.2, 0.25) is 11.8 Å². The number of aromatic nitrogens is 3. The maximum absolute atomic E-state index is 13.0. The second-order valence-electron chi connectivity index (χ2n) is 6.98. The number of thioether (sulfide) groups is 1. The summed E-state index contributed by atoms with van der Waals surface area (Å²) < 4.78 is 40.8. The molecule has 174 valence electrons. The fraction of sp³-hybridized carbons (Fsp3) is 0.238. The molecule has 0 saturated heterocycles. The Bertz CT molecular complexity index is 1150. The van der Waals surface area contributed by atoms with Crippen LogP contribution in [-0.4, -0.2) is 50.8 Å². The molecule has 3 aromatic rings. The summed E-state index contributed by atoms with van der Waals surface area (Å²) in [6, 6.07) is 12.5. The Hall–Kier alpha value is -3.05. The van der Waals surface area contributed by atoms with E-state index in [1.165, 1.54) is 18.0 Å². The van der Waals surface area contributed by atoms with Gasteiger partial charge in [-0.15, -0.1) is 10.2 Å². The fourth-order valence-corrected chi connectivity index (χ4v) is 4.03. The number of hydrogen-bond acceptors (Lipinski definition) is 5. The summed E-state index contributed by atoms with van der Waals surface area (Å²) in [7, 11) is 1.43. The summed E-state index contributed by atoms with van der Waals surface area (Å²) in [6.45, 7) is 1.46. The van der Waals surface area contributed by atoms with Crippen molar-refractivity contribution in [2.75, 3.05) is 24.7 Å². The maximum Gasteiger partial charge on any atom is 0.417 e. The number of anilines is 1. The number of aryl methyl sites for hydroxylation is 1. The Kier molecular flexibility index (Phi) is 7.65. The zero-order chi connectivity index (χ0) is 24.2. The topological polar surface area (TPSA) is 80.1 Å². The van der Waals surface area contributed by atoms with Crippen LogP contribution in [0.25, 0.3) is 5.69 Å². The van der Waals surface area contributed by atoms with Gasteiger partial charge in [-0.05, 0) is 37.3 Å².